The van der Waals surface area contributed by atoms with Gasteiger partial charge in [0.2, 0.25) is 0 Å². The lowest BCUT2D eigenvalue weighted by Crippen LogP contribution is -2.19. The predicted molar refractivity (Wildman–Crippen MR) is 128 cm³/mol. The first kappa shape index (κ1) is 23.9. The van der Waals surface area contributed by atoms with Gasteiger partial charge in [-0.15, -0.1) is 10.2 Å². The van der Waals surface area contributed by atoms with Gasteiger partial charge in [0.1, 0.15) is 17.2 Å². The lowest BCUT2D eigenvalue weighted by molar-refractivity contribution is -0.118. The lowest BCUT2D eigenvalue weighted by Gasteiger charge is -2.12. The van der Waals surface area contributed by atoms with Gasteiger partial charge in [0.15, 0.2) is 8.68 Å². The fraction of sp³-hybridized carbons (Fsp3) is 0.238. The highest BCUT2D eigenvalue weighted by Gasteiger charge is 2.12. The van der Waals surface area contributed by atoms with Crippen LogP contribution in [0, 0.1) is 0 Å². The number of benzene rings is 2. The van der Waals surface area contributed by atoms with Crippen molar-refractivity contribution in [2.75, 3.05) is 27.1 Å². The van der Waals surface area contributed by atoms with Crippen LogP contribution in [-0.4, -0.2) is 49.4 Å². The Morgan fingerprint density at radius 2 is 1.69 bits per heavy atom. The maximum absolute atomic E-state index is 12.2. The smallest absolute Gasteiger partial charge is 0.250 e. The van der Waals surface area contributed by atoms with Crippen LogP contribution in [0.2, 0.25) is 0 Å². The third-order valence-electron chi connectivity index (χ3n) is 4.06. The summed E-state index contributed by atoms with van der Waals surface area (Å²) >= 11 is 4.41. The number of amides is 1. The van der Waals surface area contributed by atoms with E-state index in [1.54, 1.807) is 31.0 Å². The molecule has 0 spiro atoms. The number of carbonyl (C=O) groups is 1. The summed E-state index contributed by atoms with van der Waals surface area (Å²) in [4.78, 5) is 12.2. The van der Waals surface area contributed by atoms with Gasteiger partial charge < -0.3 is 14.2 Å². The summed E-state index contributed by atoms with van der Waals surface area (Å²) in [5.74, 6) is 2.37. The number of carbonyl (C=O) groups excluding carboxylic acids is 1. The van der Waals surface area contributed by atoms with Crippen LogP contribution >= 0.6 is 34.9 Å². The average Bonchev–Trinajstić information content (AvgIpc) is 3.29. The average molecular weight is 491 g/mol. The third kappa shape index (κ3) is 6.87. The summed E-state index contributed by atoms with van der Waals surface area (Å²) in [6.07, 6.45) is 1.48. The number of ether oxygens (including phenoxy) is 3. The number of hydrogen-bond acceptors (Lipinski definition) is 10. The lowest BCUT2D eigenvalue weighted by atomic mass is 10.2. The molecule has 0 saturated heterocycles. The maximum Gasteiger partial charge on any atom is 0.250 e. The van der Waals surface area contributed by atoms with Gasteiger partial charge in [0, 0.05) is 17.9 Å². The number of nitrogens with zero attached hydrogens (tertiary/aromatic N) is 3. The highest BCUT2D eigenvalue weighted by molar-refractivity contribution is 8.03. The van der Waals surface area contributed by atoms with Crippen LogP contribution in [0.3, 0.4) is 0 Å². The molecule has 1 amide bonds. The van der Waals surface area contributed by atoms with Gasteiger partial charge in [0.25, 0.3) is 5.91 Å². The number of hydrazone groups is 1. The second-order valence-corrected chi connectivity index (χ2v) is 9.56. The molecule has 0 aliphatic carbocycles. The molecule has 1 N–H and O–H groups in total. The molecule has 3 aromatic rings. The standard InChI is InChI=1S/C21H22N4O4S3/c1-27-15-9-17(28-2)16(18(10-15)29-3)11-22-23-19(26)13-31-21-25-24-20(32-21)30-12-14-7-5-4-6-8-14/h4-11H,12-13H2,1-3H3,(H,23,26)/b22-11+. The molecule has 32 heavy (non-hydrogen) atoms. The Kier molecular flexibility index (Phi) is 9.20. The third-order valence-corrected chi connectivity index (χ3v) is 7.32. The van der Waals surface area contributed by atoms with Crippen LogP contribution in [0.25, 0.3) is 0 Å². The van der Waals surface area contributed by atoms with E-state index in [4.69, 9.17) is 14.2 Å². The Hall–Kier alpha value is -2.76. The topological polar surface area (TPSA) is 94.9 Å². The number of aromatic nitrogens is 2. The van der Waals surface area contributed by atoms with E-state index < -0.39 is 0 Å². The van der Waals surface area contributed by atoms with Crippen molar-refractivity contribution in [1.29, 1.82) is 0 Å². The number of thioether (sulfide) groups is 2. The zero-order valence-corrected chi connectivity index (χ0v) is 20.2. The Bertz CT molecular complexity index is 1040. The molecule has 0 aliphatic heterocycles. The fourth-order valence-corrected chi connectivity index (χ4v) is 5.29. The van der Waals surface area contributed by atoms with Crippen LogP contribution in [-0.2, 0) is 10.5 Å². The minimum atomic E-state index is -0.258. The molecule has 0 bridgehead atoms. The van der Waals surface area contributed by atoms with Crippen molar-refractivity contribution >= 4 is 47.0 Å². The largest absolute Gasteiger partial charge is 0.496 e. The van der Waals surface area contributed by atoms with Crippen LogP contribution in [0.4, 0.5) is 0 Å². The zero-order valence-electron chi connectivity index (χ0n) is 17.7. The first-order valence-corrected chi connectivity index (χ1v) is 12.2. The fourth-order valence-electron chi connectivity index (χ4n) is 2.52. The Balaban J connectivity index is 1.49. The summed E-state index contributed by atoms with van der Waals surface area (Å²) in [7, 11) is 4.63. The summed E-state index contributed by atoms with van der Waals surface area (Å²) in [6.45, 7) is 0. The van der Waals surface area contributed by atoms with Gasteiger partial charge in [-0.25, -0.2) is 5.43 Å². The van der Waals surface area contributed by atoms with Crippen LogP contribution in [0.5, 0.6) is 17.2 Å². The van der Waals surface area contributed by atoms with Crippen LogP contribution in [0.1, 0.15) is 11.1 Å². The number of nitrogens with one attached hydrogen (secondary N) is 1. The normalized spacial score (nSPS) is 10.8. The van der Waals surface area contributed by atoms with Crippen molar-refractivity contribution in [2.24, 2.45) is 5.10 Å². The van der Waals surface area contributed by atoms with Crippen molar-refractivity contribution in [3.8, 4) is 17.2 Å². The highest BCUT2D eigenvalue weighted by Crippen LogP contribution is 2.33. The monoisotopic (exact) mass is 490 g/mol. The van der Waals surface area contributed by atoms with Gasteiger partial charge in [-0.05, 0) is 5.56 Å². The van der Waals surface area contributed by atoms with E-state index in [1.165, 1.54) is 49.1 Å². The summed E-state index contributed by atoms with van der Waals surface area (Å²) in [6, 6.07) is 13.6. The summed E-state index contributed by atoms with van der Waals surface area (Å²) in [5, 5.41) is 12.3. The van der Waals surface area contributed by atoms with Gasteiger partial charge in [-0.2, -0.15) is 5.10 Å². The van der Waals surface area contributed by atoms with Crippen molar-refractivity contribution < 1.29 is 19.0 Å². The molecule has 0 unspecified atom stereocenters. The molecule has 0 fully saturated rings. The van der Waals surface area contributed by atoms with E-state index in [2.05, 4.69) is 32.9 Å². The molecule has 8 nitrogen and oxygen atoms in total. The molecule has 3 rings (SSSR count). The van der Waals surface area contributed by atoms with Gasteiger partial charge in [0.05, 0.1) is 38.9 Å². The van der Waals surface area contributed by atoms with Crippen molar-refractivity contribution in [3.05, 3.63) is 53.6 Å². The van der Waals surface area contributed by atoms with E-state index in [9.17, 15) is 4.79 Å². The van der Waals surface area contributed by atoms with E-state index >= 15 is 0 Å². The first-order valence-electron chi connectivity index (χ1n) is 9.38. The number of hydrogen-bond donors (Lipinski definition) is 1. The summed E-state index contributed by atoms with van der Waals surface area (Å²) in [5.41, 5.74) is 4.32. The highest BCUT2D eigenvalue weighted by atomic mass is 32.2. The van der Waals surface area contributed by atoms with Gasteiger partial charge >= 0.3 is 0 Å². The van der Waals surface area contributed by atoms with Crippen molar-refractivity contribution in [2.45, 2.75) is 14.4 Å². The molecular formula is C21H22N4O4S3. The molecular weight excluding hydrogens is 468 g/mol. The summed E-state index contributed by atoms with van der Waals surface area (Å²) < 4.78 is 17.5. The van der Waals surface area contributed by atoms with Gasteiger partial charge in [-0.3, -0.25) is 4.79 Å². The molecule has 168 valence electrons. The molecule has 2 aromatic carbocycles. The molecule has 0 atom stereocenters. The van der Waals surface area contributed by atoms with Crippen molar-refractivity contribution in [3.63, 3.8) is 0 Å². The van der Waals surface area contributed by atoms with E-state index in [0.29, 0.717) is 22.8 Å². The second kappa shape index (κ2) is 12.3. The van der Waals surface area contributed by atoms with E-state index in [-0.39, 0.29) is 11.7 Å². The quantitative estimate of drug-likeness (QED) is 0.244. The van der Waals surface area contributed by atoms with Crippen LogP contribution in [0.15, 0.2) is 56.2 Å². The molecule has 0 radical (unpaired) electrons. The number of methoxy groups -OCH3 is 3. The van der Waals surface area contributed by atoms with E-state index in [1.807, 2.05) is 18.2 Å². The van der Waals surface area contributed by atoms with Gasteiger partial charge in [-0.1, -0.05) is 65.2 Å². The Morgan fingerprint density at radius 1 is 1.03 bits per heavy atom. The Labute approximate surface area is 198 Å². The molecule has 0 aliphatic rings. The van der Waals surface area contributed by atoms with E-state index in [0.717, 1.165) is 14.4 Å². The predicted octanol–water partition coefficient (Wildman–Crippen LogP) is 4.10. The van der Waals surface area contributed by atoms with Crippen LogP contribution < -0.4 is 19.6 Å². The molecule has 1 aromatic heterocycles. The van der Waals surface area contributed by atoms with Crippen molar-refractivity contribution in [1.82, 2.24) is 15.6 Å². The zero-order chi connectivity index (χ0) is 22.8. The first-order chi connectivity index (χ1) is 15.6. The minimum Gasteiger partial charge on any atom is -0.496 e. The number of rotatable bonds is 11. The maximum atomic E-state index is 12.2. The molecule has 11 heteroatoms. The minimum absolute atomic E-state index is 0.173. The molecule has 0 saturated carbocycles. The Morgan fingerprint density at radius 3 is 2.31 bits per heavy atom. The molecule has 1 heterocycles. The second-order valence-electron chi connectivity index (χ2n) is 6.14. The SMILES string of the molecule is COc1cc(OC)c(/C=N/NC(=O)CSc2nnc(SCc3ccccc3)s2)c(OC)c1.